The molecular formula is C17H20N2O4S. The van der Waals surface area contributed by atoms with E-state index in [9.17, 15) is 9.59 Å². The minimum Gasteiger partial charge on any atom is -0.477 e. The minimum absolute atomic E-state index is 0.238. The van der Waals surface area contributed by atoms with Crippen LogP contribution in [0.15, 0.2) is 24.3 Å². The summed E-state index contributed by atoms with van der Waals surface area (Å²) >= 11 is 1.14. The zero-order chi connectivity index (χ0) is 17.9. The second-order valence-corrected chi connectivity index (χ2v) is 7.29. The van der Waals surface area contributed by atoms with Gasteiger partial charge in [-0.3, -0.25) is 0 Å². The van der Waals surface area contributed by atoms with Crippen LogP contribution in [0.3, 0.4) is 0 Å². The van der Waals surface area contributed by atoms with Gasteiger partial charge in [-0.15, -0.1) is 11.3 Å². The highest BCUT2D eigenvalue weighted by Gasteiger charge is 2.17. The predicted molar refractivity (Wildman–Crippen MR) is 92.3 cm³/mol. The van der Waals surface area contributed by atoms with Gasteiger partial charge in [0, 0.05) is 12.1 Å². The van der Waals surface area contributed by atoms with Crippen molar-refractivity contribution < 1.29 is 19.4 Å². The fourth-order valence-electron chi connectivity index (χ4n) is 2.02. The Morgan fingerprint density at radius 2 is 2.04 bits per heavy atom. The molecule has 6 nitrogen and oxygen atoms in total. The molecule has 0 spiro atoms. The van der Waals surface area contributed by atoms with Crippen molar-refractivity contribution in [2.75, 3.05) is 0 Å². The Hall–Kier alpha value is -2.41. The van der Waals surface area contributed by atoms with Crippen LogP contribution in [0.25, 0.3) is 10.6 Å². The maximum atomic E-state index is 11.7. The Bertz CT molecular complexity index is 762. The van der Waals surface area contributed by atoms with E-state index in [1.807, 2.05) is 24.3 Å². The van der Waals surface area contributed by atoms with Gasteiger partial charge in [0.15, 0.2) is 0 Å². The number of nitrogens with one attached hydrogen (secondary N) is 1. The van der Waals surface area contributed by atoms with Crippen LogP contribution in [0, 0.1) is 6.92 Å². The molecular weight excluding hydrogens is 328 g/mol. The van der Waals surface area contributed by atoms with Crippen LogP contribution in [0.5, 0.6) is 0 Å². The first-order chi connectivity index (χ1) is 11.2. The lowest BCUT2D eigenvalue weighted by atomic mass is 10.1. The van der Waals surface area contributed by atoms with Crippen molar-refractivity contribution in [2.24, 2.45) is 0 Å². The van der Waals surface area contributed by atoms with E-state index in [1.165, 1.54) is 0 Å². The summed E-state index contributed by atoms with van der Waals surface area (Å²) in [5.41, 5.74) is 1.65. The summed E-state index contributed by atoms with van der Waals surface area (Å²) in [6, 6.07) is 7.46. The Balaban J connectivity index is 2.10. The number of aromatic carboxylic acids is 1. The lowest BCUT2D eigenvalue weighted by molar-refractivity contribution is 0.0523. The molecule has 0 radical (unpaired) electrons. The van der Waals surface area contributed by atoms with Crippen LogP contribution in [-0.2, 0) is 11.3 Å². The summed E-state index contributed by atoms with van der Waals surface area (Å²) in [6.07, 6.45) is -0.480. The van der Waals surface area contributed by atoms with E-state index in [0.29, 0.717) is 17.2 Å². The number of hydrogen-bond donors (Lipinski definition) is 2. The fraction of sp³-hybridized carbons (Fsp3) is 0.353. The van der Waals surface area contributed by atoms with Crippen LogP contribution < -0.4 is 5.32 Å². The molecule has 1 aromatic carbocycles. The Labute approximate surface area is 144 Å². The van der Waals surface area contributed by atoms with Crippen LogP contribution in [0.4, 0.5) is 4.79 Å². The maximum Gasteiger partial charge on any atom is 0.407 e. The van der Waals surface area contributed by atoms with Gasteiger partial charge in [-0.05, 0) is 39.3 Å². The number of benzene rings is 1. The number of aromatic nitrogens is 1. The molecule has 7 heteroatoms. The highest BCUT2D eigenvalue weighted by molar-refractivity contribution is 7.17. The summed E-state index contributed by atoms with van der Waals surface area (Å²) < 4.78 is 5.19. The number of rotatable bonds is 4. The summed E-state index contributed by atoms with van der Waals surface area (Å²) in [6.45, 7) is 7.41. The molecule has 0 aliphatic carbocycles. The quantitative estimate of drug-likeness (QED) is 0.876. The molecule has 0 aliphatic rings. The van der Waals surface area contributed by atoms with Gasteiger partial charge in [-0.25, -0.2) is 14.6 Å². The number of amides is 1. The Morgan fingerprint density at radius 3 is 2.62 bits per heavy atom. The normalized spacial score (nSPS) is 11.2. The number of carbonyl (C=O) groups is 2. The maximum absolute atomic E-state index is 11.7. The molecule has 1 heterocycles. The highest BCUT2D eigenvalue weighted by Crippen LogP contribution is 2.28. The molecule has 0 unspecified atom stereocenters. The third-order valence-electron chi connectivity index (χ3n) is 3.00. The molecule has 1 aromatic heterocycles. The van der Waals surface area contributed by atoms with Gasteiger partial charge < -0.3 is 15.2 Å². The average Bonchev–Trinajstić information content (AvgIpc) is 2.86. The van der Waals surface area contributed by atoms with Crippen molar-refractivity contribution in [1.29, 1.82) is 0 Å². The molecule has 0 bridgehead atoms. The van der Waals surface area contributed by atoms with E-state index in [1.54, 1.807) is 27.7 Å². The number of hydrogen-bond acceptors (Lipinski definition) is 5. The van der Waals surface area contributed by atoms with Gasteiger partial charge >= 0.3 is 12.1 Å². The second kappa shape index (κ2) is 7.00. The number of carboxylic acid groups (broad SMARTS) is 1. The Morgan fingerprint density at radius 1 is 1.33 bits per heavy atom. The zero-order valence-electron chi connectivity index (χ0n) is 14.0. The standard InChI is InChI=1S/C17H20N2O4S/c1-10-13(15(20)21)24-14(19-10)12-7-5-6-11(8-12)9-18-16(22)23-17(2,3)4/h5-8H,9H2,1-4H3,(H,18,22)(H,20,21). The summed E-state index contributed by atoms with van der Waals surface area (Å²) in [5, 5.41) is 12.5. The number of carbonyl (C=O) groups excluding carboxylic acids is 1. The van der Waals surface area contributed by atoms with Crippen molar-refractivity contribution in [3.63, 3.8) is 0 Å². The lowest BCUT2D eigenvalue weighted by Crippen LogP contribution is -2.32. The molecule has 0 aliphatic heterocycles. The molecule has 0 saturated heterocycles. The van der Waals surface area contributed by atoms with Crippen LogP contribution >= 0.6 is 11.3 Å². The molecule has 2 aromatic rings. The summed E-state index contributed by atoms with van der Waals surface area (Å²) in [7, 11) is 0. The number of aryl methyl sites for hydroxylation is 1. The van der Waals surface area contributed by atoms with E-state index in [0.717, 1.165) is 22.5 Å². The number of carboxylic acids is 1. The number of nitrogens with zero attached hydrogens (tertiary/aromatic N) is 1. The molecule has 0 atom stereocenters. The van der Waals surface area contributed by atoms with E-state index in [-0.39, 0.29) is 4.88 Å². The highest BCUT2D eigenvalue weighted by atomic mass is 32.1. The van der Waals surface area contributed by atoms with Gasteiger partial charge in [0.25, 0.3) is 0 Å². The fourth-order valence-corrected chi connectivity index (χ4v) is 2.92. The second-order valence-electron chi connectivity index (χ2n) is 6.29. The molecule has 0 fully saturated rings. The largest absolute Gasteiger partial charge is 0.477 e. The van der Waals surface area contributed by atoms with Gasteiger partial charge in [-0.2, -0.15) is 0 Å². The van der Waals surface area contributed by atoms with Crippen LogP contribution in [0.1, 0.15) is 41.7 Å². The first kappa shape index (κ1) is 17.9. The predicted octanol–water partition coefficient (Wildman–Crippen LogP) is 3.84. The van der Waals surface area contributed by atoms with Gasteiger partial charge in [0.05, 0.1) is 5.69 Å². The van der Waals surface area contributed by atoms with E-state index in [2.05, 4.69) is 10.3 Å². The Kier molecular flexibility index (Phi) is 5.23. The molecule has 24 heavy (non-hydrogen) atoms. The topological polar surface area (TPSA) is 88.5 Å². The van der Waals surface area contributed by atoms with E-state index < -0.39 is 17.7 Å². The van der Waals surface area contributed by atoms with Crippen molar-refractivity contribution in [3.8, 4) is 10.6 Å². The van der Waals surface area contributed by atoms with Gasteiger partial charge in [0.2, 0.25) is 0 Å². The van der Waals surface area contributed by atoms with Gasteiger partial charge in [0.1, 0.15) is 15.5 Å². The zero-order valence-corrected chi connectivity index (χ0v) is 14.9. The first-order valence-corrected chi connectivity index (χ1v) is 8.24. The minimum atomic E-state index is -0.973. The monoisotopic (exact) mass is 348 g/mol. The molecule has 2 N–H and O–H groups in total. The molecule has 0 saturated carbocycles. The average molecular weight is 348 g/mol. The van der Waals surface area contributed by atoms with E-state index in [4.69, 9.17) is 9.84 Å². The van der Waals surface area contributed by atoms with Crippen LogP contribution in [0.2, 0.25) is 0 Å². The van der Waals surface area contributed by atoms with E-state index >= 15 is 0 Å². The lowest BCUT2D eigenvalue weighted by Gasteiger charge is -2.19. The smallest absolute Gasteiger partial charge is 0.407 e. The SMILES string of the molecule is Cc1nc(-c2cccc(CNC(=O)OC(C)(C)C)c2)sc1C(=O)O. The van der Waals surface area contributed by atoms with Gasteiger partial charge in [-0.1, -0.05) is 18.2 Å². The summed E-state index contributed by atoms with van der Waals surface area (Å²) in [4.78, 5) is 27.4. The molecule has 1 amide bonds. The number of ether oxygens (including phenoxy) is 1. The van der Waals surface area contributed by atoms with Crippen LogP contribution in [-0.4, -0.2) is 27.8 Å². The van der Waals surface area contributed by atoms with Crippen molar-refractivity contribution in [3.05, 3.63) is 40.4 Å². The number of alkyl carbamates (subject to hydrolysis) is 1. The third kappa shape index (κ3) is 4.79. The van der Waals surface area contributed by atoms with Crippen molar-refractivity contribution in [2.45, 2.75) is 39.8 Å². The van der Waals surface area contributed by atoms with Crippen molar-refractivity contribution in [1.82, 2.24) is 10.3 Å². The first-order valence-electron chi connectivity index (χ1n) is 7.42. The molecule has 2 rings (SSSR count). The summed E-state index contributed by atoms with van der Waals surface area (Å²) in [5.74, 6) is -0.973. The molecule has 128 valence electrons. The number of thiazole rings is 1. The van der Waals surface area contributed by atoms with Crippen molar-refractivity contribution >= 4 is 23.4 Å². The third-order valence-corrected chi connectivity index (χ3v) is 4.19.